The number of benzene rings is 1. The zero-order valence-corrected chi connectivity index (χ0v) is 10.3. The molecule has 1 atom stereocenters. The number of anilines is 1. The number of nitrogens with two attached hydrogens (primary N) is 1. The molecule has 96 valence electrons. The molecule has 3 N–H and O–H groups in total. The molecule has 0 aliphatic heterocycles. The Balaban J connectivity index is 2.12. The number of nitrogens with one attached hydrogen (secondary N) is 1. The predicted octanol–water partition coefficient (Wildman–Crippen LogP) is 1.71. The van der Waals surface area contributed by atoms with Gasteiger partial charge in [-0.05, 0) is 24.0 Å². The number of hydrogen-bond donors (Lipinski definition) is 2. The number of hydrogen-bond acceptors (Lipinski definition) is 4. The molecule has 1 aliphatic rings. The quantitative estimate of drug-likeness (QED) is 0.484. The lowest BCUT2D eigenvalue weighted by Gasteiger charge is -2.07. The molecule has 0 radical (unpaired) electrons. The summed E-state index contributed by atoms with van der Waals surface area (Å²) in [5, 5.41) is 13.5. The summed E-state index contributed by atoms with van der Waals surface area (Å²) in [7, 11) is 0. The van der Waals surface area contributed by atoms with E-state index in [4.69, 9.17) is 5.73 Å². The lowest BCUT2D eigenvalue weighted by molar-refractivity contribution is -0.383. The Morgan fingerprint density at radius 2 is 2.17 bits per heavy atom. The van der Waals surface area contributed by atoms with E-state index < -0.39 is 4.92 Å². The molecule has 2 rings (SSSR count). The standard InChI is InChI=1S/C12H15N3O3/c1-12(2)6-10(12)14-11(16)7-3-4-9(15(17)18)8(13)5-7/h3-5,10H,6,13H2,1-2H3,(H,14,16). The zero-order chi connectivity index (χ0) is 13.5. The molecule has 1 aromatic carbocycles. The third-order valence-electron chi connectivity index (χ3n) is 3.31. The van der Waals surface area contributed by atoms with Crippen LogP contribution < -0.4 is 11.1 Å². The first kappa shape index (κ1) is 12.3. The fourth-order valence-corrected chi connectivity index (χ4v) is 1.82. The number of nitro benzene ring substituents is 1. The van der Waals surface area contributed by atoms with Crippen LogP contribution >= 0.6 is 0 Å². The Hall–Kier alpha value is -2.11. The van der Waals surface area contributed by atoms with E-state index in [0.29, 0.717) is 5.56 Å². The number of carbonyl (C=O) groups is 1. The van der Waals surface area contributed by atoms with Crippen molar-refractivity contribution in [3.05, 3.63) is 33.9 Å². The number of carbonyl (C=O) groups excluding carboxylic acids is 1. The Morgan fingerprint density at radius 3 is 2.61 bits per heavy atom. The number of nitrogens with zero attached hydrogens (tertiary/aromatic N) is 1. The monoisotopic (exact) mass is 249 g/mol. The Kier molecular flexibility index (Phi) is 2.73. The molecule has 1 fully saturated rings. The van der Waals surface area contributed by atoms with Gasteiger partial charge in [-0.3, -0.25) is 14.9 Å². The van der Waals surface area contributed by atoms with E-state index in [-0.39, 0.29) is 28.7 Å². The molecule has 6 heteroatoms. The van der Waals surface area contributed by atoms with E-state index in [1.165, 1.54) is 18.2 Å². The molecule has 0 bridgehead atoms. The van der Waals surface area contributed by atoms with Gasteiger partial charge in [-0.1, -0.05) is 13.8 Å². The van der Waals surface area contributed by atoms with E-state index in [0.717, 1.165) is 6.42 Å². The fourth-order valence-electron chi connectivity index (χ4n) is 1.82. The first-order valence-corrected chi connectivity index (χ1v) is 5.66. The largest absolute Gasteiger partial charge is 0.393 e. The Morgan fingerprint density at radius 1 is 1.56 bits per heavy atom. The summed E-state index contributed by atoms with van der Waals surface area (Å²) in [5.74, 6) is -0.243. The van der Waals surface area contributed by atoms with Gasteiger partial charge >= 0.3 is 0 Å². The average molecular weight is 249 g/mol. The molecular formula is C12H15N3O3. The van der Waals surface area contributed by atoms with E-state index in [2.05, 4.69) is 19.2 Å². The van der Waals surface area contributed by atoms with Crippen LogP contribution in [0.15, 0.2) is 18.2 Å². The molecule has 1 aromatic rings. The van der Waals surface area contributed by atoms with Crippen LogP contribution in [0.25, 0.3) is 0 Å². The summed E-state index contributed by atoms with van der Waals surface area (Å²) in [6.45, 7) is 4.14. The average Bonchev–Trinajstić information content (AvgIpc) is 2.85. The van der Waals surface area contributed by atoms with Gasteiger partial charge in [0.2, 0.25) is 0 Å². The first-order valence-electron chi connectivity index (χ1n) is 5.66. The number of rotatable bonds is 3. The molecule has 18 heavy (non-hydrogen) atoms. The van der Waals surface area contributed by atoms with E-state index in [1.54, 1.807) is 0 Å². The highest BCUT2D eigenvalue weighted by Crippen LogP contribution is 2.44. The molecule has 1 amide bonds. The second kappa shape index (κ2) is 3.97. The van der Waals surface area contributed by atoms with Gasteiger partial charge in [-0.2, -0.15) is 0 Å². The summed E-state index contributed by atoms with van der Waals surface area (Å²) >= 11 is 0. The summed E-state index contributed by atoms with van der Waals surface area (Å²) < 4.78 is 0. The minimum absolute atomic E-state index is 0.00251. The minimum Gasteiger partial charge on any atom is -0.393 e. The van der Waals surface area contributed by atoms with Gasteiger partial charge in [0, 0.05) is 17.7 Å². The lowest BCUT2D eigenvalue weighted by Crippen LogP contribution is -2.28. The maximum Gasteiger partial charge on any atom is 0.292 e. The molecule has 1 saturated carbocycles. The normalized spacial score (nSPS) is 20.2. The second-order valence-electron chi connectivity index (χ2n) is 5.25. The van der Waals surface area contributed by atoms with Crippen LogP contribution in [0.2, 0.25) is 0 Å². The van der Waals surface area contributed by atoms with Crippen molar-refractivity contribution < 1.29 is 9.72 Å². The lowest BCUT2D eigenvalue weighted by atomic mass is 10.1. The van der Waals surface area contributed by atoms with Crippen molar-refractivity contribution in [1.82, 2.24) is 5.32 Å². The molecule has 0 heterocycles. The van der Waals surface area contributed by atoms with Gasteiger partial charge in [0.05, 0.1) is 4.92 Å². The van der Waals surface area contributed by atoms with Crippen LogP contribution in [-0.2, 0) is 0 Å². The van der Waals surface area contributed by atoms with E-state index >= 15 is 0 Å². The molecule has 6 nitrogen and oxygen atoms in total. The van der Waals surface area contributed by atoms with Crippen molar-refractivity contribution in [3.8, 4) is 0 Å². The predicted molar refractivity (Wildman–Crippen MR) is 67.2 cm³/mol. The van der Waals surface area contributed by atoms with Crippen LogP contribution in [0.1, 0.15) is 30.6 Å². The molecule has 1 unspecified atom stereocenters. The van der Waals surface area contributed by atoms with Crippen molar-refractivity contribution in [1.29, 1.82) is 0 Å². The van der Waals surface area contributed by atoms with Crippen LogP contribution in [0.5, 0.6) is 0 Å². The Labute approximate surface area is 104 Å². The highest BCUT2D eigenvalue weighted by atomic mass is 16.6. The summed E-state index contributed by atoms with van der Waals surface area (Å²) in [6.07, 6.45) is 0.946. The SMILES string of the molecule is CC1(C)CC1NC(=O)c1ccc([N+](=O)[O-])c(N)c1. The van der Waals surface area contributed by atoms with Gasteiger partial charge in [-0.25, -0.2) is 0 Å². The summed E-state index contributed by atoms with van der Waals surface area (Å²) in [6, 6.07) is 4.17. The van der Waals surface area contributed by atoms with Crippen molar-refractivity contribution in [2.75, 3.05) is 5.73 Å². The van der Waals surface area contributed by atoms with Gasteiger partial charge in [0.1, 0.15) is 5.69 Å². The van der Waals surface area contributed by atoms with Crippen LogP contribution in [0.4, 0.5) is 11.4 Å². The maximum absolute atomic E-state index is 11.9. The highest BCUT2D eigenvalue weighted by Gasteiger charge is 2.46. The Bertz CT molecular complexity index is 525. The van der Waals surface area contributed by atoms with Gasteiger partial charge in [0.25, 0.3) is 11.6 Å². The first-order chi connectivity index (χ1) is 8.31. The van der Waals surface area contributed by atoms with Crippen molar-refractivity contribution in [2.24, 2.45) is 5.41 Å². The third-order valence-corrected chi connectivity index (χ3v) is 3.31. The summed E-state index contributed by atoms with van der Waals surface area (Å²) in [4.78, 5) is 21.9. The van der Waals surface area contributed by atoms with Crippen molar-refractivity contribution in [3.63, 3.8) is 0 Å². The second-order valence-corrected chi connectivity index (χ2v) is 5.25. The van der Waals surface area contributed by atoms with Gasteiger partial charge in [0.15, 0.2) is 0 Å². The summed E-state index contributed by atoms with van der Waals surface area (Å²) in [5.41, 5.74) is 5.85. The zero-order valence-electron chi connectivity index (χ0n) is 10.3. The molecular weight excluding hydrogens is 234 g/mol. The van der Waals surface area contributed by atoms with Crippen LogP contribution in [-0.4, -0.2) is 16.9 Å². The highest BCUT2D eigenvalue weighted by molar-refractivity contribution is 5.96. The van der Waals surface area contributed by atoms with Crippen molar-refractivity contribution in [2.45, 2.75) is 26.3 Å². The third kappa shape index (κ3) is 2.27. The van der Waals surface area contributed by atoms with E-state index in [1.807, 2.05) is 0 Å². The number of amides is 1. The fraction of sp³-hybridized carbons (Fsp3) is 0.417. The topological polar surface area (TPSA) is 98.3 Å². The van der Waals surface area contributed by atoms with Crippen LogP contribution in [0, 0.1) is 15.5 Å². The van der Waals surface area contributed by atoms with Crippen molar-refractivity contribution >= 4 is 17.3 Å². The van der Waals surface area contributed by atoms with E-state index in [9.17, 15) is 14.9 Å². The molecule has 0 aromatic heterocycles. The number of nitro groups is 1. The number of nitrogen functional groups attached to an aromatic ring is 1. The molecule has 0 saturated heterocycles. The molecule has 1 aliphatic carbocycles. The van der Waals surface area contributed by atoms with Gasteiger partial charge in [-0.15, -0.1) is 0 Å². The van der Waals surface area contributed by atoms with Crippen LogP contribution in [0.3, 0.4) is 0 Å². The maximum atomic E-state index is 11.9. The minimum atomic E-state index is -0.568. The molecule has 0 spiro atoms. The smallest absolute Gasteiger partial charge is 0.292 e. The van der Waals surface area contributed by atoms with Gasteiger partial charge < -0.3 is 11.1 Å².